The van der Waals surface area contributed by atoms with Gasteiger partial charge >= 0.3 is 0 Å². The first-order valence-corrected chi connectivity index (χ1v) is 5.66. The van der Waals surface area contributed by atoms with Crippen LogP contribution in [0.3, 0.4) is 0 Å². The Morgan fingerprint density at radius 3 is 2.69 bits per heavy atom. The Morgan fingerprint density at radius 2 is 2.12 bits per heavy atom. The van der Waals surface area contributed by atoms with E-state index in [1.54, 1.807) is 0 Å². The summed E-state index contributed by atoms with van der Waals surface area (Å²) in [5, 5.41) is 12.3. The van der Waals surface area contributed by atoms with Crippen molar-refractivity contribution >= 4 is 5.69 Å². The van der Waals surface area contributed by atoms with Crippen molar-refractivity contribution in [2.45, 2.75) is 38.0 Å². The minimum Gasteiger partial charge on any atom is -0.372 e. The molecule has 1 fully saturated rings. The van der Waals surface area contributed by atoms with Crippen molar-refractivity contribution < 1.29 is 4.74 Å². The van der Waals surface area contributed by atoms with E-state index in [0.29, 0.717) is 0 Å². The quantitative estimate of drug-likeness (QED) is 0.844. The molecule has 1 heterocycles. The fourth-order valence-corrected chi connectivity index (χ4v) is 2.00. The van der Waals surface area contributed by atoms with E-state index in [-0.39, 0.29) is 18.2 Å². The van der Waals surface area contributed by atoms with Crippen molar-refractivity contribution in [3.05, 3.63) is 30.3 Å². The van der Waals surface area contributed by atoms with Gasteiger partial charge in [-0.3, -0.25) is 0 Å². The van der Waals surface area contributed by atoms with Crippen LogP contribution in [-0.4, -0.2) is 18.2 Å². The van der Waals surface area contributed by atoms with Gasteiger partial charge in [-0.1, -0.05) is 18.2 Å². The van der Waals surface area contributed by atoms with Crippen LogP contribution in [-0.2, 0) is 4.74 Å². The summed E-state index contributed by atoms with van der Waals surface area (Å²) in [6, 6.07) is 11.8. The fourth-order valence-electron chi connectivity index (χ4n) is 2.00. The highest BCUT2D eigenvalue weighted by Gasteiger charge is 2.29. The molecule has 1 aromatic rings. The second-order valence-corrected chi connectivity index (χ2v) is 4.18. The zero-order valence-electron chi connectivity index (χ0n) is 9.39. The maximum atomic E-state index is 9.14. The molecule has 16 heavy (non-hydrogen) atoms. The molecule has 0 bridgehead atoms. The molecule has 3 nitrogen and oxygen atoms in total. The Bertz CT molecular complexity index is 371. The van der Waals surface area contributed by atoms with Crippen molar-refractivity contribution in [3.8, 4) is 6.07 Å². The van der Waals surface area contributed by atoms with Gasteiger partial charge in [-0.05, 0) is 31.9 Å². The zero-order chi connectivity index (χ0) is 11.4. The summed E-state index contributed by atoms with van der Waals surface area (Å²) in [6.45, 7) is 2.05. The average molecular weight is 216 g/mol. The van der Waals surface area contributed by atoms with Gasteiger partial charge in [-0.2, -0.15) is 5.26 Å². The summed E-state index contributed by atoms with van der Waals surface area (Å²) < 4.78 is 5.70. The average Bonchev–Trinajstić information content (AvgIpc) is 2.74. The van der Waals surface area contributed by atoms with Gasteiger partial charge in [0.1, 0.15) is 6.04 Å². The summed E-state index contributed by atoms with van der Waals surface area (Å²) in [5.41, 5.74) is 0.970. The first-order chi connectivity index (χ1) is 7.79. The minimum absolute atomic E-state index is 0.0141. The molecule has 0 radical (unpaired) electrons. The summed E-state index contributed by atoms with van der Waals surface area (Å²) >= 11 is 0. The van der Waals surface area contributed by atoms with Crippen molar-refractivity contribution in [2.24, 2.45) is 0 Å². The van der Waals surface area contributed by atoms with E-state index in [0.717, 1.165) is 18.5 Å². The second-order valence-electron chi connectivity index (χ2n) is 4.18. The summed E-state index contributed by atoms with van der Waals surface area (Å²) in [6.07, 6.45) is 2.29. The lowest BCUT2D eigenvalue weighted by atomic mass is 10.1. The number of nitriles is 1. The third-order valence-electron chi connectivity index (χ3n) is 2.87. The first-order valence-electron chi connectivity index (χ1n) is 5.66. The summed E-state index contributed by atoms with van der Waals surface area (Å²) in [5.74, 6) is 0. The van der Waals surface area contributed by atoms with Crippen LogP contribution in [0.4, 0.5) is 5.69 Å². The van der Waals surface area contributed by atoms with Crippen molar-refractivity contribution in [3.63, 3.8) is 0 Å². The van der Waals surface area contributed by atoms with Gasteiger partial charge in [-0.25, -0.2) is 0 Å². The van der Waals surface area contributed by atoms with E-state index >= 15 is 0 Å². The van der Waals surface area contributed by atoms with E-state index in [1.165, 1.54) is 0 Å². The van der Waals surface area contributed by atoms with E-state index in [4.69, 9.17) is 10.00 Å². The fraction of sp³-hybridized carbons (Fsp3) is 0.462. The lowest BCUT2D eigenvalue weighted by Crippen LogP contribution is -2.32. The van der Waals surface area contributed by atoms with Crippen LogP contribution < -0.4 is 5.32 Å². The van der Waals surface area contributed by atoms with Crippen LogP contribution in [0, 0.1) is 11.3 Å². The molecule has 1 aliphatic rings. The van der Waals surface area contributed by atoms with Gasteiger partial charge in [0.25, 0.3) is 0 Å². The van der Waals surface area contributed by atoms with E-state index in [2.05, 4.69) is 18.3 Å². The monoisotopic (exact) mass is 216 g/mol. The molecule has 3 atom stereocenters. The maximum absolute atomic E-state index is 9.14. The van der Waals surface area contributed by atoms with Crippen molar-refractivity contribution in [1.82, 2.24) is 0 Å². The lowest BCUT2D eigenvalue weighted by molar-refractivity contribution is 0.0534. The third kappa shape index (κ3) is 2.53. The predicted molar refractivity (Wildman–Crippen MR) is 63.0 cm³/mol. The normalized spacial score (nSPS) is 26.0. The molecular weight excluding hydrogens is 200 g/mol. The molecule has 0 spiro atoms. The van der Waals surface area contributed by atoms with Crippen LogP contribution in [0.5, 0.6) is 0 Å². The van der Waals surface area contributed by atoms with Crippen LogP contribution in [0.1, 0.15) is 19.8 Å². The topological polar surface area (TPSA) is 45.0 Å². The molecule has 0 amide bonds. The minimum atomic E-state index is -0.257. The van der Waals surface area contributed by atoms with E-state index < -0.39 is 0 Å². The van der Waals surface area contributed by atoms with E-state index in [9.17, 15) is 0 Å². The maximum Gasteiger partial charge on any atom is 0.141 e. The summed E-state index contributed by atoms with van der Waals surface area (Å²) in [4.78, 5) is 0. The number of anilines is 1. The number of benzene rings is 1. The summed E-state index contributed by atoms with van der Waals surface area (Å²) in [7, 11) is 0. The second kappa shape index (κ2) is 5.00. The molecule has 3 unspecified atom stereocenters. The van der Waals surface area contributed by atoms with E-state index in [1.807, 2.05) is 30.3 Å². The van der Waals surface area contributed by atoms with Gasteiger partial charge in [0.05, 0.1) is 18.3 Å². The molecular formula is C13H16N2O. The highest BCUT2D eigenvalue weighted by Crippen LogP contribution is 2.23. The number of nitrogens with one attached hydrogen (secondary N) is 1. The van der Waals surface area contributed by atoms with Gasteiger partial charge in [0.15, 0.2) is 0 Å². The number of ether oxygens (including phenoxy) is 1. The molecule has 84 valence electrons. The number of rotatable bonds is 3. The van der Waals surface area contributed by atoms with Gasteiger partial charge in [-0.15, -0.1) is 0 Å². The SMILES string of the molecule is CC1CCC(C(C#N)Nc2ccccc2)O1. The van der Waals surface area contributed by atoms with Crippen LogP contribution >= 0.6 is 0 Å². The molecule has 1 aliphatic heterocycles. The molecule has 1 N–H and O–H groups in total. The molecule has 3 heteroatoms. The Kier molecular flexibility index (Phi) is 3.43. The highest BCUT2D eigenvalue weighted by molar-refractivity contribution is 5.45. The zero-order valence-corrected chi connectivity index (χ0v) is 9.39. The largest absolute Gasteiger partial charge is 0.372 e. The van der Waals surface area contributed by atoms with Crippen LogP contribution in [0.25, 0.3) is 0 Å². The third-order valence-corrected chi connectivity index (χ3v) is 2.87. The highest BCUT2D eigenvalue weighted by atomic mass is 16.5. The number of nitrogens with zero attached hydrogens (tertiary/aromatic N) is 1. The molecule has 0 saturated carbocycles. The van der Waals surface area contributed by atoms with Crippen molar-refractivity contribution in [2.75, 3.05) is 5.32 Å². The molecule has 0 aromatic heterocycles. The molecule has 0 aliphatic carbocycles. The van der Waals surface area contributed by atoms with Crippen molar-refractivity contribution in [1.29, 1.82) is 5.26 Å². The first kappa shape index (κ1) is 11.0. The standard InChI is InChI=1S/C13H16N2O/c1-10-7-8-13(16-10)12(9-14)15-11-5-3-2-4-6-11/h2-6,10,12-13,15H,7-8H2,1H3. The Balaban J connectivity index is 1.99. The lowest BCUT2D eigenvalue weighted by Gasteiger charge is -2.19. The smallest absolute Gasteiger partial charge is 0.141 e. The number of hydrogen-bond donors (Lipinski definition) is 1. The Morgan fingerprint density at radius 1 is 1.38 bits per heavy atom. The molecule has 1 saturated heterocycles. The van der Waals surface area contributed by atoms with Crippen LogP contribution in [0.2, 0.25) is 0 Å². The number of hydrogen-bond acceptors (Lipinski definition) is 3. The van der Waals surface area contributed by atoms with Gasteiger partial charge in [0, 0.05) is 5.69 Å². The predicted octanol–water partition coefficient (Wildman–Crippen LogP) is 2.56. The molecule has 2 rings (SSSR count). The Labute approximate surface area is 96.0 Å². The molecule has 1 aromatic carbocycles. The number of para-hydroxylation sites is 1. The van der Waals surface area contributed by atoms with Gasteiger partial charge < -0.3 is 10.1 Å². The van der Waals surface area contributed by atoms with Crippen LogP contribution in [0.15, 0.2) is 30.3 Å². The van der Waals surface area contributed by atoms with Gasteiger partial charge in [0.2, 0.25) is 0 Å². The Hall–Kier alpha value is -1.53.